The number of benzene rings is 2. The van der Waals surface area contributed by atoms with Gasteiger partial charge >= 0.3 is 5.76 Å². The van der Waals surface area contributed by atoms with E-state index in [4.69, 9.17) is 16.0 Å². The van der Waals surface area contributed by atoms with Gasteiger partial charge < -0.3 is 4.42 Å². The summed E-state index contributed by atoms with van der Waals surface area (Å²) in [5, 5.41) is -0.305. The molecule has 1 heterocycles. The Bertz CT molecular complexity index is 793. The number of hydrogen-bond donors (Lipinski definition) is 1. The molecule has 0 spiro atoms. The molecule has 0 aliphatic heterocycles. The van der Waals surface area contributed by atoms with Crippen molar-refractivity contribution >= 4 is 38.6 Å². The molecular formula is C14H9BrClNO2. The first-order valence-corrected chi connectivity index (χ1v) is 6.89. The second kappa shape index (κ2) is 4.87. The van der Waals surface area contributed by atoms with E-state index in [1.54, 1.807) is 12.1 Å². The van der Waals surface area contributed by atoms with Crippen LogP contribution in [0.3, 0.4) is 0 Å². The molecule has 3 rings (SSSR count). The average molecular weight is 339 g/mol. The summed E-state index contributed by atoms with van der Waals surface area (Å²) in [6.45, 7) is 0. The van der Waals surface area contributed by atoms with Crippen molar-refractivity contribution in [1.82, 2.24) is 4.98 Å². The van der Waals surface area contributed by atoms with E-state index in [0.717, 1.165) is 15.6 Å². The predicted molar refractivity (Wildman–Crippen MR) is 78.7 cm³/mol. The lowest BCUT2D eigenvalue weighted by Crippen LogP contribution is -1.94. The van der Waals surface area contributed by atoms with Crippen molar-refractivity contribution in [3.8, 4) is 0 Å². The second-order valence-corrected chi connectivity index (χ2v) is 5.44. The van der Waals surface area contributed by atoms with E-state index < -0.39 is 5.76 Å². The van der Waals surface area contributed by atoms with Gasteiger partial charge in [-0.05, 0) is 29.3 Å². The molecule has 0 saturated heterocycles. The standard InChI is InChI=1S/C14H9BrClNO2/c15-10-4-2-1-3-9(10)13(16)8-5-6-11-12(7-8)19-14(18)17-11/h1-7,13H,(H,17,18). The largest absolute Gasteiger partial charge is 0.417 e. The highest BCUT2D eigenvalue weighted by atomic mass is 79.9. The Morgan fingerprint density at radius 2 is 2.00 bits per heavy atom. The van der Waals surface area contributed by atoms with Crippen LogP contribution in [0, 0.1) is 0 Å². The number of alkyl halides is 1. The van der Waals surface area contributed by atoms with Crippen molar-refractivity contribution in [3.05, 3.63) is 68.6 Å². The highest BCUT2D eigenvalue weighted by Gasteiger charge is 2.15. The minimum absolute atomic E-state index is 0.305. The van der Waals surface area contributed by atoms with Crippen LogP contribution in [0.2, 0.25) is 0 Å². The zero-order valence-electron chi connectivity index (χ0n) is 9.69. The minimum Gasteiger partial charge on any atom is -0.408 e. The SMILES string of the molecule is O=c1[nH]c2ccc(C(Cl)c3ccccc3Br)cc2o1. The van der Waals surface area contributed by atoms with Crippen LogP contribution in [0.15, 0.2) is 56.1 Å². The van der Waals surface area contributed by atoms with Gasteiger partial charge in [0.25, 0.3) is 0 Å². The van der Waals surface area contributed by atoms with Gasteiger partial charge in [-0.3, -0.25) is 4.98 Å². The third kappa shape index (κ3) is 2.33. The smallest absolute Gasteiger partial charge is 0.408 e. The number of nitrogens with one attached hydrogen (secondary N) is 1. The van der Waals surface area contributed by atoms with Crippen molar-refractivity contribution in [2.24, 2.45) is 0 Å². The monoisotopic (exact) mass is 337 g/mol. The molecular weight excluding hydrogens is 330 g/mol. The first-order chi connectivity index (χ1) is 9.15. The summed E-state index contributed by atoms with van der Waals surface area (Å²) in [7, 11) is 0. The molecule has 0 fully saturated rings. The topological polar surface area (TPSA) is 46.0 Å². The van der Waals surface area contributed by atoms with Gasteiger partial charge in [0.15, 0.2) is 5.58 Å². The van der Waals surface area contributed by atoms with Crippen molar-refractivity contribution in [2.45, 2.75) is 5.38 Å². The Hall–Kier alpha value is -1.52. The van der Waals surface area contributed by atoms with Crippen LogP contribution >= 0.6 is 27.5 Å². The van der Waals surface area contributed by atoms with Crippen LogP contribution in [-0.2, 0) is 0 Å². The Balaban J connectivity index is 2.08. The first-order valence-electron chi connectivity index (χ1n) is 5.66. The Morgan fingerprint density at radius 1 is 1.21 bits per heavy atom. The molecule has 0 saturated carbocycles. The highest BCUT2D eigenvalue weighted by Crippen LogP contribution is 2.34. The number of rotatable bonds is 2. The molecule has 96 valence electrons. The molecule has 1 N–H and O–H groups in total. The van der Waals surface area contributed by atoms with Crippen molar-refractivity contribution in [3.63, 3.8) is 0 Å². The van der Waals surface area contributed by atoms with Gasteiger partial charge in [-0.2, -0.15) is 0 Å². The van der Waals surface area contributed by atoms with E-state index in [2.05, 4.69) is 20.9 Å². The second-order valence-electron chi connectivity index (χ2n) is 4.15. The fourth-order valence-corrected chi connectivity index (χ4v) is 2.95. The average Bonchev–Trinajstić information content (AvgIpc) is 2.77. The molecule has 0 amide bonds. The third-order valence-electron chi connectivity index (χ3n) is 2.92. The molecule has 1 aromatic heterocycles. The zero-order valence-corrected chi connectivity index (χ0v) is 12.0. The molecule has 3 nitrogen and oxygen atoms in total. The summed E-state index contributed by atoms with van der Waals surface area (Å²) in [5.41, 5.74) is 3.04. The van der Waals surface area contributed by atoms with E-state index in [1.165, 1.54) is 0 Å². The van der Waals surface area contributed by atoms with Gasteiger partial charge in [0.05, 0.1) is 10.9 Å². The molecule has 1 unspecified atom stereocenters. The van der Waals surface area contributed by atoms with Gasteiger partial charge in [-0.15, -0.1) is 11.6 Å². The van der Waals surface area contributed by atoms with Crippen LogP contribution in [0.4, 0.5) is 0 Å². The Kier molecular flexibility index (Phi) is 3.21. The fourth-order valence-electron chi connectivity index (χ4n) is 1.98. The number of oxazole rings is 1. The maximum Gasteiger partial charge on any atom is 0.417 e. The summed E-state index contributed by atoms with van der Waals surface area (Å²) < 4.78 is 5.99. The summed E-state index contributed by atoms with van der Waals surface area (Å²) in [4.78, 5) is 13.7. The minimum atomic E-state index is -0.459. The summed E-state index contributed by atoms with van der Waals surface area (Å²) in [5.74, 6) is -0.459. The molecule has 1 atom stereocenters. The van der Waals surface area contributed by atoms with Crippen LogP contribution in [0.5, 0.6) is 0 Å². The number of aromatic nitrogens is 1. The van der Waals surface area contributed by atoms with Crippen LogP contribution in [0.25, 0.3) is 11.1 Å². The maximum atomic E-state index is 11.1. The van der Waals surface area contributed by atoms with E-state index in [1.807, 2.05) is 30.3 Å². The van der Waals surface area contributed by atoms with Crippen molar-refractivity contribution < 1.29 is 4.42 Å². The Morgan fingerprint density at radius 3 is 2.79 bits per heavy atom. The normalized spacial score (nSPS) is 12.7. The van der Waals surface area contributed by atoms with E-state index in [-0.39, 0.29) is 5.38 Å². The van der Waals surface area contributed by atoms with E-state index in [9.17, 15) is 4.79 Å². The highest BCUT2D eigenvalue weighted by molar-refractivity contribution is 9.10. The lowest BCUT2D eigenvalue weighted by Gasteiger charge is -2.11. The molecule has 19 heavy (non-hydrogen) atoms. The molecule has 2 aromatic carbocycles. The molecule has 0 radical (unpaired) electrons. The fraction of sp³-hybridized carbons (Fsp3) is 0.0714. The van der Waals surface area contributed by atoms with Crippen molar-refractivity contribution in [2.75, 3.05) is 0 Å². The van der Waals surface area contributed by atoms with Gasteiger partial charge in [0.1, 0.15) is 0 Å². The van der Waals surface area contributed by atoms with E-state index in [0.29, 0.717) is 11.1 Å². The lowest BCUT2D eigenvalue weighted by molar-refractivity contribution is 0.555. The quantitative estimate of drug-likeness (QED) is 0.711. The number of hydrogen-bond acceptors (Lipinski definition) is 2. The molecule has 0 aliphatic rings. The Labute approximate surface area is 122 Å². The first kappa shape index (κ1) is 12.5. The number of H-pyrrole nitrogens is 1. The van der Waals surface area contributed by atoms with Crippen molar-refractivity contribution in [1.29, 1.82) is 0 Å². The van der Waals surface area contributed by atoms with Gasteiger partial charge in [0, 0.05) is 4.47 Å². The number of fused-ring (bicyclic) bond motifs is 1. The molecule has 0 bridgehead atoms. The van der Waals surface area contributed by atoms with Crippen LogP contribution in [-0.4, -0.2) is 4.98 Å². The third-order valence-corrected chi connectivity index (χ3v) is 4.13. The maximum absolute atomic E-state index is 11.1. The summed E-state index contributed by atoms with van der Waals surface area (Å²) in [6, 6.07) is 13.2. The number of aromatic amines is 1. The zero-order chi connectivity index (χ0) is 13.4. The van der Waals surface area contributed by atoms with Crippen LogP contribution < -0.4 is 5.76 Å². The van der Waals surface area contributed by atoms with Gasteiger partial charge in [-0.1, -0.05) is 40.2 Å². The number of halogens is 2. The lowest BCUT2D eigenvalue weighted by atomic mass is 10.0. The summed E-state index contributed by atoms with van der Waals surface area (Å²) in [6.07, 6.45) is 0. The van der Waals surface area contributed by atoms with Crippen LogP contribution in [0.1, 0.15) is 16.5 Å². The van der Waals surface area contributed by atoms with Gasteiger partial charge in [0.2, 0.25) is 0 Å². The molecule has 5 heteroatoms. The summed E-state index contributed by atoms with van der Waals surface area (Å²) >= 11 is 9.97. The van der Waals surface area contributed by atoms with E-state index >= 15 is 0 Å². The van der Waals surface area contributed by atoms with Gasteiger partial charge in [-0.25, -0.2) is 4.79 Å². The predicted octanol–water partition coefficient (Wildman–Crippen LogP) is 4.21. The molecule has 3 aromatic rings. The molecule has 0 aliphatic carbocycles.